The van der Waals surface area contributed by atoms with Crippen molar-refractivity contribution in [3.05, 3.63) is 106 Å². The van der Waals surface area contributed by atoms with Crippen molar-refractivity contribution in [3.8, 4) is 5.75 Å². The SMILES string of the molecule is CN(C)C[C@@H](CC(=O)N1Cc2c(NC(=O)c3ccc(NC(=O)CCCCCCCCCCOc4cccc5c4C(=O)N(C4CCC(=O)NC4=O)C5=O)cc3)n[nH]c2C1(C)C)c1ccccc1. The van der Waals surface area contributed by atoms with Crippen molar-refractivity contribution in [1.82, 2.24) is 30.2 Å². The minimum Gasteiger partial charge on any atom is -0.493 e. The number of ether oxygens (including phenoxy) is 1. The van der Waals surface area contributed by atoms with E-state index in [1.165, 1.54) is 0 Å². The Morgan fingerprint density at radius 2 is 1.55 bits per heavy atom. The summed E-state index contributed by atoms with van der Waals surface area (Å²) in [6.07, 6.45) is 8.43. The van der Waals surface area contributed by atoms with Crippen LogP contribution in [-0.2, 0) is 31.3 Å². The zero-order chi connectivity index (χ0) is 47.0. The molecule has 1 unspecified atom stereocenters. The van der Waals surface area contributed by atoms with Crippen LogP contribution in [0.2, 0.25) is 0 Å². The van der Waals surface area contributed by atoms with Gasteiger partial charge in [0.25, 0.3) is 17.7 Å². The number of amides is 7. The predicted molar refractivity (Wildman–Crippen MR) is 248 cm³/mol. The van der Waals surface area contributed by atoms with Crippen LogP contribution < -0.4 is 20.7 Å². The molecule has 7 amide bonds. The van der Waals surface area contributed by atoms with E-state index in [2.05, 4.69) is 43.2 Å². The van der Waals surface area contributed by atoms with Crippen LogP contribution in [0.25, 0.3) is 0 Å². The number of rotatable bonds is 21. The number of piperidine rings is 1. The van der Waals surface area contributed by atoms with E-state index in [9.17, 15) is 33.6 Å². The van der Waals surface area contributed by atoms with E-state index in [0.29, 0.717) is 48.8 Å². The van der Waals surface area contributed by atoms with Crippen LogP contribution >= 0.6 is 0 Å². The number of hydrogen-bond donors (Lipinski definition) is 4. The third-order valence-corrected chi connectivity index (χ3v) is 12.7. The molecule has 16 heteroatoms. The van der Waals surface area contributed by atoms with E-state index < -0.39 is 35.2 Å². The number of anilines is 2. The monoisotopic (exact) mass is 900 g/mol. The van der Waals surface area contributed by atoms with Gasteiger partial charge >= 0.3 is 0 Å². The maximum Gasteiger partial charge on any atom is 0.266 e. The quantitative estimate of drug-likeness (QED) is 0.0503. The molecule has 4 N–H and O–H groups in total. The number of benzene rings is 3. The van der Waals surface area contributed by atoms with Crippen molar-refractivity contribution in [2.24, 2.45) is 0 Å². The largest absolute Gasteiger partial charge is 0.493 e. The number of nitrogens with one attached hydrogen (secondary N) is 4. The van der Waals surface area contributed by atoms with E-state index in [4.69, 9.17) is 4.74 Å². The zero-order valence-corrected chi connectivity index (χ0v) is 38.2. The molecule has 16 nitrogen and oxygen atoms in total. The van der Waals surface area contributed by atoms with Crippen molar-refractivity contribution in [2.75, 3.05) is 37.9 Å². The summed E-state index contributed by atoms with van der Waals surface area (Å²) in [5.41, 5.74) is 3.43. The van der Waals surface area contributed by atoms with E-state index in [-0.39, 0.29) is 47.6 Å². The first kappa shape index (κ1) is 47.3. The van der Waals surface area contributed by atoms with Crippen LogP contribution in [0.5, 0.6) is 5.75 Å². The number of hydrogen-bond acceptors (Lipinski definition) is 10. The lowest BCUT2D eigenvalue weighted by atomic mass is 9.93. The number of carbonyl (C=O) groups is 7. The van der Waals surface area contributed by atoms with Gasteiger partial charge in [-0.2, -0.15) is 5.10 Å². The van der Waals surface area contributed by atoms with E-state index in [0.717, 1.165) is 79.6 Å². The molecule has 0 aliphatic carbocycles. The van der Waals surface area contributed by atoms with E-state index >= 15 is 0 Å². The Hall–Kier alpha value is -6.68. The number of carbonyl (C=O) groups excluding carboxylic acids is 7. The summed E-state index contributed by atoms with van der Waals surface area (Å²) in [4.78, 5) is 95.0. The van der Waals surface area contributed by atoms with Crippen molar-refractivity contribution in [2.45, 2.75) is 115 Å². The molecule has 2 atom stereocenters. The molecule has 3 aliphatic rings. The van der Waals surface area contributed by atoms with Crippen molar-refractivity contribution in [1.29, 1.82) is 0 Å². The first-order chi connectivity index (χ1) is 31.7. The lowest BCUT2D eigenvalue weighted by molar-refractivity contribution is -0.138. The average Bonchev–Trinajstić information content (AvgIpc) is 3.90. The Kier molecular flexibility index (Phi) is 15.1. The van der Waals surface area contributed by atoms with Crippen LogP contribution in [0.4, 0.5) is 11.5 Å². The van der Waals surface area contributed by atoms with Gasteiger partial charge in [0.2, 0.25) is 23.6 Å². The molecule has 348 valence electrons. The molecule has 7 rings (SSSR count). The van der Waals surface area contributed by atoms with Crippen LogP contribution in [0.1, 0.15) is 145 Å². The van der Waals surface area contributed by atoms with Crippen molar-refractivity contribution in [3.63, 3.8) is 0 Å². The molecule has 4 aromatic rings. The second-order valence-corrected chi connectivity index (χ2v) is 18.2. The van der Waals surface area contributed by atoms with Gasteiger partial charge in [0.05, 0.1) is 35.5 Å². The van der Waals surface area contributed by atoms with Gasteiger partial charge in [-0.15, -0.1) is 0 Å². The third kappa shape index (κ3) is 10.9. The molecular formula is C50H60N8O8. The molecule has 3 aliphatic heterocycles. The Morgan fingerprint density at radius 3 is 2.24 bits per heavy atom. The topological polar surface area (TPSA) is 203 Å². The normalized spacial score (nSPS) is 16.8. The van der Waals surface area contributed by atoms with Gasteiger partial charge in [-0.3, -0.25) is 48.9 Å². The number of H-pyrrole nitrogens is 1. The molecule has 0 bridgehead atoms. The van der Waals surface area contributed by atoms with Crippen LogP contribution in [0.3, 0.4) is 0 Å². The average molecular weight is 901 g/mol. The van der Waals surface area contributed by atoms with Gasteiger partial charge in [-0.1, -0.05) is 74.9 Å². The first-order valence-corrected chi connectivity index (χ1v) is 23.0. The van der Waals surface area contributed by atoms with Gasteiger partial charge in [-0.25, -0.2) is 0 Å². The highest BCUT2D eigenvalue weighted by Gasteiger charge is 2.46. The number of imide groups is 2. The van der Waals surface area contributed by atoms with E-state index in [1.807, 2.05) is 51.0 Å². The second-order valence-electron chi connectivity index (χ2n) is 18.2. The number of fused-ring (bicyclic) bond motifs is 2. The summed E-state index contributed by atoms with van der Waals surface area (Å²) in [7, 11) is 4.02. The fourth-order valence-corrected chi connectivity index (χ4v) is 9.14. The highest BCUT2D eigenvalue weighted by molar-refractivity contribution is 6.24. The molecule has 1 saturated heterocycles. The maximum atomic E-state index is 13.8. The summed E-state index contributed by atoms with van der Waals surface area (Å²) in [5.74, 6) is -1.87. The smallest absolute Gasteiger partial charge is 0.266 e. The molecule has 3 aromatic carbocycles. The highest BCUT2D eigenvalue weighted by atomic mass is 16.5. The molecular weight excluding hydrogens is 841 g/mol. The summed E-state index contributed by atoms with van der Waals surface area (Å²) < 4.78 is 5.94. The number of aromatic nitrogens is 2. The molecule has 0 radical (unpaired) electrons. The fraction of sp³-hybridized carbons (Fsp3) is 0.440. The summed E-state index contributed by atoms with van der Waals surface area (Å²) in [6.45, 7) is 5.41. The number of aromatic amines is 1. The van der Waals surface area contributed by atoms with Gasteiger partial charge in [0.15, 0.2) is 5.82 Å². The minimum absolute atomic E-state index is 0.0302. The maximum absolute atomic E-state index is 13.8. The number of nitrogens with zero attached hydrogens (tertiary/aromatic N) is 4. The molecule has 1 aromatic heterocycles. The van der Waals surface area contributed by atoms with Crippen LogP contribution in [0.15, 0.2) is 72.8 Å². The lowest BCUT2D eigenvalue weighted by Gasteiger charge is -2.33. The van der Waals surface area contributed by atoms with Gasteiger partial charge in [0, 0.05) is 48.5 Å². The third-order valence-electron chi connectivity index (χ3n) is 12.7. The number of likely N-dealkylation sites (N-methyl/N-ethyl adjacent to an activating group) is 1. The van der Waals surface area contributed by atoms with Crippen LogP contribution in [-0.4, -0.2) is 99.5 Å². The van der Waals surface area contributed by atoms with Crippen molar-refractivity contribution < 1.29 is 38.3 Å². The summed E-state index contributed by atoms with van der Waals surface area (Å²) in [6, 6.07) is 20.7. The Bertz CT molecular complexity index is 2450. The standard InChI is InChI=1S/C50H60N8O8/c1-50(2)44-37(31-57(50)42(61)29-34(30-56(3)4)32-17-12-11-13-18-32)45(55-54-44)53-46(62)33-22-24-35(25-23-33)51-40(59)21-14-9-7-5-6-8-10-15-28-66-39-20-16-19-36-43(39)49(65)58(48(36)64)38-26-27-41(60)52-47(38)63/h11-13,16-20,22-25,34,38H,5-10,14-15,21,26-31H2,1-4H3,(H,51,59)(H,52,60,63)(H2,53,54,55,62)/t34-,38?/m1/s1. The van der Waals surface area contributed by atoms with Gasteiger partial charge < -0.3 is 25.2 Å². The molecule has 1 fully saturated rings. The summed E-state index contributed by atoms with van der Waals surface area (Å²) in [5, 5.41) is 15.5. The lowest BCUT2D eigenvalue weighted by Crippen LogP contribution is -2.54. The fourth-order valence-electron chi connectivity index (χ4n) is 9.14. The second kappa shape index (κ2) is 21.1. The van der Waals surface area contributed by atoms with E-state index in [1.54, 1.807) is 42.5 Å². The summed E-state index contributed by atoms with van der Waals surface area (Å²) >= 11 is 0. The first-order valence-electron chi connectivity index (χ1n) is 23.0. The van der Waals surface area contributed by atoms with Crippen molar-refractivity contribution >= 4 is 52.9 Å². The van der Waals surface area contributed by atoms with Gasteiger partial charge in [0.1, 0.15) is 11.8 Å². The Labute approximate surface area is 385 Å². The molecule has 0 saturated carbocycles. The zero-order valence-electron chi connectivity index (χ0n) is 38.2. The molecule has 0 spiro atoms. The van der Waals surface area contributed by atoms with Crippen LogP contribution in [0, 0.1) is 0 Å². The number of unbranched alkanes of at least 4 members (excludes halogenated alkanes) is 7. The minimum atomic E-state index is -1.02. The molecule has 66 heavy (non-hydrogen) atoms. The van der Waals surface area contributed by atoms with Gasteiger partial charge in [-0.05, 0) is 89.2 Å². The highest BCUT2D eigenvalue weighted by Crippen LogP contribution is 2.42. The predicted octanol–water partition coefficient (Wildman–Crippen LogP) is 6.90. The Balaban J connectivity index is 0.768. The molecule has 4 heterocycles. The Morgan fingerprint density at radius 1 is 0.848 bits per heavy atom.